The molecule has 0 bridgehead atoms. The zero-order valence-electron chi connectivity index (χ0n) is 9.02. The predicted octanol–water partition coefficient (Wildman–Crippen LogP) is 1.55. The quantitative estimate of drug-likeness (QED) is 0.607. The van der Waals surface area contributed by atoms with Crippen LogP contribution in [0.2, 0.25) is 0 Å². The molecule has 17 heavy (non-hydrogen) atoms. The molecule has 0 aromatic heterocycles. The molecule has 1 aromatic rings. The third kappa shape index (κ3) is 2.58. The molecule has 90 valence electrons. The number of cyclic esters (lactones) is 1. The number of esters is 2. The molecule has 0 aliphatic carbocycles. The second kappa shape index (κ2) is 5.19. The van der Waals surface area contributed by atoms with Crippen molar-refractivity contribution in [1.29, 1.82) is 0 Å². The van der Waals surface area contributed by atoms with Crippen molar-refractivity contribution in [3.8, 4) is 0 Å². The summed E-state index contributed by atoms with van der Waals surface area (Å²) in [5.41, 5.74) is 1.31. The first-order valence-electron chi connectivity index (χ1n) is 5.24. The van der Waals surface area contributed by atoms with Crippen molar-refractivity contribution < 1.29 is 19.1 Å². The van der Waals surface area contributed by atoms with E-state index in [0.29, 0.717) is 12.0 Å². The Bertz CT molecular complexity index is 444. The molecule has 5 heteroatoms. The predicted molar refractivity (Wildman–Crippen MR) is 61.0 cm³/mol. The van der Waals surface area contributed by atoms with Crippen LogP contribution in [-0.4, -0.2) is 30.5 Å². The zero-order chi connectivity index (χ0) is 12.3. The van der Waals surface area contributed by atoms with E-state index in [1.54, 1.807) is 18.2 Å². The summed E-state index contributed by atoms with van der Waals surface area (Å²) in [6, 6.07) is 7.06. The van der Waals surface area contributed by atoms with Gasteiger partial charge in [-0.15, -0.1) is 11.6 Å². The van der Waals surface area contributed by atoms with Crippen molar-refractivity contribution in [3.05, 3.63) is 35.4 Å². The van der Waals surface area contributed by atoms with Gasteiger partial charge in [0.15, 0.2) is 0 Å². The SMILES string of the molecule is O=C1OC(C(=O)OCCCl)Cc2ccccc21. The van der Waals surface area contributed by atoms with Gasteiger partial charge in [-0.05, 0) is 11.6 Å². The summed E-state index contributed by atoms with van der Waals surface area (Å²) in [6.07, 6.45) is -0.510. The van der Waals surface area contributed by atoms with Gasteiger partial charge in [-0.1, -0.05) is 18.2 Å². The van der Waals surface area contributed by atoms with Crippen LogP contribution in [0.4, 0.5) is 0 Å². The Morgan fingerprint density at radius 2 is 2.24 bits per heavy atom. The fraction of sp³-hybridized carbons (Fsp3) is 0.333. The van der Waals surface area contributed by atoms with E-state index in [0.717, 1.165) is 5.56 Å². The Morgan fingerprint density at radius 3 is 3.00 bits per heavy atom. The van der Waals surface area contributed by atoms with Crippen molar-refractivity contribution >= 4 is 23.5 Å². The first kappa shape index (κ1) is 11.9. The van der Waals surface area contributed by atoms with Crippen molar-refractivity contribution in [2.45, 2.75) is 12.5 Å². The van der Waals surface area contributed by atoms with E-state index < -0.39 is 18.0 Å². The molecule has 0 saturated heterocycles. The average molecular weight is 255 g/mol. The molecule has 1 atom stereocenters. The molecule has 0 fully saturated rings. The number of rotatable bonds is 3. The summed E-state index contributed by atoms with van der Waals surface area (Å²) in [5.74, 6) is -0.809. The maximum absolute atomic E-state index is 11.6. The van der Waals surface area contributed by atoms with Gasteiger partial charge in [-0.3, -0.25) is 0 Å². The number of hydrogen-bond acceptors (Lipinski definition) is 4. The van der Waals surface area contributed by atoms with Gasteiger partial charge in [0.25, 0.3) is 0 Å². The number of ether oxygens (including phenoxy) is 2. The lowest BCUT2D eigenvalue weighted by Gasteiger charge is -2.22. The van der Waals surface area contributed by atoms with E-state index in [-0.39, 0.29) is 12.5 Å². The van der Waals surface area contributed by atoms with Crippen LogP contribution >= 0.6 is 11.6 Å². The number of carbonyl (C=O) groups is 2. The maximum Gasteiger partial charge on any atom is 0.347 e. The molecule has 1 heterocycles. The number of hydrogen-bond donors (Lipinski definition) is 0. The van der Waals surface area contributed by atoms with E-state index in [1.165, 1.54) is 0 Å². The minimum atomic E-state index is -0.861. The first-order valence-corrected chi connectivity index (χ1v) is 5.77. The van der Waals surface area contributed by atoms with Crippen molar-refractivity contribution in [2.75, 3.05) is 12.5 Å². The van der Waals surface area contributed by atoms with Crippen LogP contribution in [0.1, 0.15) is 15.9 Å². The zero-order valence-corrected chi connectivity index (χ0v) is 9.77. The minimum absolute atomic E-state index is 0.121. The summed E-state index contributed by atoms with van der Waals surface area (Å²) >= 11 is 5.41. The third-order valence-electron chi connectivity index (χ3n) is 2.48. The van der Waals surface area contributed by atoms with Crippen LogP contribution < -0.4 is 0 Å². The smallest absolute Gasteiger partial charge is 0.347 e. The van der Waals surface area contributed by atoms with E-state index in [4.69, 9.17) is 21.1 Å². The van der Waals surface area contributed by atoms with Crippen LogP contribution in [0.25, 0.3) is 0 Å². The lowest BCUT2D eigenvalue weighted by molar-refractivity contribution is -0.153. The first-order chi connectivity index (χ1) is 8.22. The molecule has 1 aliphatic heterocycles. The topological polar surface area (TPSA) is 52.6 Å². The van der Waals surface area contributed by atoms with Gasteiger partial charge in [-0.25, -0.2) is 9.59 Å². The highest BCUT2D eigenvalue weighted by Gasteiger charge is 2.31. The van der Waals surface area contributed by atoms with Crippen molar-refractivity contribution in [3.63, 3.8) is 0 Å². The molecule has 0 amide bonds. The summed E-state index contributed by atoms with van der Waals surface area (Å²) < 4.78 is 9.86. The molecule has 2 rings (SSSR count). The molecule has 0 N–H and O–H groups in total. The fourth-order valence-electron chi connectivity index (χ4n) is 1.70. The number of halogens is 1. The molecule has 0 spiro atoms. The summed E-state index contributed by atoms with van der Waals surface area (Å²) in [5, 5.41) is 0. The monoisotopic (exact) mass is 254 g/mol. The number of fused-ring (bicyclic) bond motifs is 1. The second-order valence-corrected chi connectivity index (χ2v) is 3.99. The molecule has 1 aliphatic rings. The third-order valence-corrected chi connectivity index (χ3v) is 2.63. The number of carbonyl (C=O) groups excluding carboxylic acids is 2. The Hall–Kier alpha value is -1.55. The summed E-state index contributed by atoms with van der Waals surface area (Å²) in [7, 11) is 0. The molecular weight excluding hydrogens is 244 g/mol. The standard InChI is InChI=1S/C12H11ClO4/c13-5-6-16-12(15)10-7-8-3-1-2-4-9(8)11(14)17-10/h1-4,10H,5-7H2. The van der Waals surface area contributed by atoms with Crippen molar-refractivity contribution in [1.82, 2.24) is 0 Å². The van der Waals surface area contributed by atoms with Crippen LogP contribution in [0, 0.1) is 0 Å². The van der Waals surface area contributed by atoms with Crippen LogP contribution in [0.5, 0.6) is 0 Å². The molecular formula is C12H11ClO4. The van der Waals surface area contributed by atoms with Crippen LogP contribution in [0.3, 0.4) is 0 Å². The maximum atomic E-state index is 11.6. The highest BCUT2D eigenvalue weighted by atomic mass is 35.5. The summed E-state index contributed by atoms with van der Waals surface area (Å²) in [4.78, 5) is 23.2. The highest BCUT2D eigenvalue weighted by molar-refractivity contribution is 6.18. The van der Waals surface area contributed by atoms with Gasteiger partial charge in [0.1, 0.15) is 6.61 Å². The molecule has 4 nitrogen and oxygen atoms in total. The van der Waals surface area contributed by atoms with Gasteiger partial charge in [0.05, 0.1) is 11.4 Å². The Balaban J connectivity index is 2.11. The Kier molecular flexibility index (Phi) is 3.64. The summed E-state index contributed by atoms with van der Waals surface area (Å²) in [6.45, 7) is 0.121. The largest absolute Gasteiger partial charge is 0.462 e. The van der Waals surface area contributed by atoms with Gasteiger partial charge in [0, 0.05) is 6.42 Å². The minimum Gasteiger partial charge on any atom is -0.462 e. The molecule has 1 aromatic carbocycles. The van der Waals surface area contributed by atoms with E-state index in [9.17, 15) is 9.59 Å². The van der Waals surface area contributed by atoms with E-state index in [1.807, 2.05) is 6.07 Å². The van der Waals surface area contributed by atoms with Gasteiger partial charge < -0.3 is 9.47 Å². The normalized spacial score (nSPS) is 18.2. The second-order valence-electron chi connectivity index (χ2n) is 3.61. The van der Waals surface area contributed by atoms with Gasteiger partial charge >= 0.3 is 11.9 Å². The number of alkyl halides is 1. The van der Waals surface area contributed by atoms with E-state index >= 15 is 0 Å². The molecule has 1 unspecified atom stereocenters. The lowest BCUT2D eigenvalue weighted by atomic mass is 9.99. The van der Waals surface area contributed by atoms with Crippen LogP contribution in [0.15, 0.2) is 24.3 Å². The van der Waals surface area contributed by atoms with Crippen molar-refractivity contribution in [2.24, 2.45) is 0 Å². The highest BCUT2D eigenvalue weighted by Crippen LogP contribution is 2.21. The van der Waals surface area contributed by atoms with Gasteiger partial charge in [0.2, 0.25) is 6.10 Å². The van der Waals surface area contributed by atoms with Crippen LogP contribution in [-0.2, 0) is 20.7 Å². The molecule has 0 saturated carbocycles. The fourth-order valence-corrected chi connectivity index (χ4v) is 1.77. The van der Waals surface area contributed by atoms with E-state index in [2.05, 4.69) is 0 Å². The molecule has 0 radical (unpaired) electrons. The Labute approximate surface area is 103 Å². The average Bonchev–Trinajstić information content (AvgIpc) is 2.36. The van der Waals surface area contributed by atoms with Gasteiger partial charge in [-0.2, -0.15) is 0 Å². The lowest BCUT2D eigenvalue weighted by Crippen LogP contribution is -2.35. The number of benzene rings is 1. The Morgan fingerprint density at radius 1 is 1.47 bits per heavy atom.